The highest BCUT2D eigenvalue weighted by atomic mass is 32.2. The third-order valence-electron chi connectivity index (χ3n) is 3.17. The number of aryl methyl sites for hydroxylation is 1. The molecule has 122 valence electrons. The molecule has 0 radical (unpaired) electrons. The number of anilines is 1. The van der Waals surface area contributed by atoms with Crippen molar-refractivity contribution >= 4 is 31.6 Å². The lowest BCUT2D eigenvalue weighted by Gasteiger charge is -2.18. The molecule has 0 atom stereocenters. The summed E-state index contributed by atoms with van der Waals surface area (Å²) < 4.78 is 51.6. The number of nitrogens with one attached hydrogen (secondary N) is 1. The molecule has 1 heterocycles. The fourth-order valence-electron chi connectivity index (χ4n) is 2.25. The van der Waals surface area contributed by atoms with Gasteiger partial charge in [-0.05, 0) is 38.5 Å². The molecule has 1 saturated heterocycles. The Morgan fingerprint density at radius 3 is 2.41 bits per heavy atom. The average molecular weight is 346 g/mol. The first-order valence-electron chi connectivity index (χ1n) is 6.73. The van der Waals surface area contributed by atoms with Crippen molar-refractivity contribution in [1.29, 1.82) is 0 Å². The second-order valence-corrected chi connectivity index (χ2v) is 9.07. The van der Waals surface area contributed by atoms with E-state index >= 15 is 0 Å². The molecule has 1 aliphatic heterocycles. The summed E-state index contributed by atoms with van der Waals surface area (Å²) in [4.78, 5) is 11.8. The van der Waals surface area contributed by atoms with E-state index in [0.717, 1.165) is 0 Å². The van der Waals surface area contributed by atoms with Crippen molar-refractivity contribution in [2.45, 2.75) is 38.1 Å². The van der Waals surface area contributed by atoms with E-state index in [0.29, 0.717) is 9.87 Å². The van der Waals surface area contributed by atoms with Crippen molar-refractivity contribution in [2.75, 3.05) is 10.1 Å². The maximum Gasteiger partial charge on any atom is 0.242 e. The van der Waals surface area contributed by atoms with Crippen molar-refractivity contribution < 1.29 is 21.6 Å². The van der Waals surface area contributed by atoms with Crippen LogP contribution in [0.15, 0.2) is 23.1 Å². The maximum absolute atomic E-state index is 12.3. The first kappa shape index (κ1) is 16.9. The summed E-state index contributed by atoms with van der Waals surface area (Å²) in [5, 5.41) is 0. The van der Waals surface area contributed by atoms with Gasteiger partial charge in [0.15, 0.2) is 0 Å². The van der Waals surface area contributed by atoms with E-state index in [-0.39, 0.29) is 28.8 Å². The molecule has 0 aromatic heterocycles. The zero-order valence-electron chi connectivity index (χ0n) is 12.5. The Labute approximate surface area is 130 Å². The van der Waals surface area contributed by atoms with Gasteiger partial charge < -0.3 is 0 Å². The quantitative estimate of drug-likeness (QED) is 0.867. The molecular formula is C13H18N2O5S2. The van der Waals surface area contributed by atoms with Crippen LogP contribution in [0.2, 0.25) is 0 Å². The lowest BCUT2D eigenvalue weighted by atomic mass is 10.2. The standard InChI is InChI=1S/C13H18N2O5S2/c1-9(2)14-22(19,20)12-8-11(5-4-10(12)3)15-13(16)6-7-21(15,17)18/h4-5,8-9,14H,6-7H2,1-3H3. The Hall–Kier alpha value is -1.45. The first-order valence-corrected chi connectivity index (χ1v) is 9.82. The summed E-state index contributed by atoms with van der Waals surface area (Å²) in [6.45, 7) is 4.98. The number of carbonyl (C=O) groups is 1. The Morgan fingerprint density at radius 2 is 1.91 bits per heavy atom. The second kappa shape index (κ2) is 5.64. The summed E-state index contributed by atoms with van der Waals surface area (Å²) in [5.41, 5.74) is 0.526. The Balaban J connectivity index is 2.55. The monoisotopic (exact) mass is 346 g/mol. The molecule has 1 fully saturated rings. The number of hydrogen-bond donors (Lipinski definition) is 1. The highest BCUT2D eigenvalue weighted by molar-refractivity contribution is 7.94. The lowest BCUT2D eigenvalue weighted by Crippen LogP contribution is -2.32. The van der Waals surface area contributed by atoms with Gasteiger partial charge in [-0.25, -0.2) is 25.9 Å². The number of hydrogen-bond acceptors (Lipinski definition) is 5. The van der Waals surface area contributed by atoms with Crippen molar-refractivity contribution in [3.8, 4) is 0 Å². The number of sulfonamides is 2. The van der Waals surface area contributed by atoms with E-state index in [1.165, 1.54) is 18.2 Å². The smallest absolute Gasteiger partial charge is 0.242 e. The number of carbonyl (C=O) groups excluding carboxylic acids is 1. The summed E-state index contributed by atoms with van der Waals surface area (Å²) in [6.07, 6.45) is -0.0947. The molecule has 1 N–H and O–H groups in total. The number of benzene rings is 1. The SMILES string of the molecule is Cc1ccc(N2C(=O)CCS2(=O)=O)cc1S(=O)(=O)NC(C)C. The zero-order chi connectivity index (χ0) is 16.7. The van der Waals surface area contributed by atoms with E-state index in [1.54, 1.807) is 20.8 Å². The summed E-state index contributed by atoms with van der Waals surface area (Å²) in [7, 11) is -7.50. The van der Waals surface area contributed by atoms with Gasteiger partial charge in [-0.2, -0.15) is 0 Å². The topological polar surface area (TPSA) is 101 Å². The van der Waals surface area contributed by atoms with E-state index in [9.17, 15) is 21.6 Å². The third kappa shape index (κ3) is 3.16. The fraction of sp³-hybridized carbons (Fsp3) is 0.462. The summed E-state index contributed by atoms with van der Waals surface area (Å²) in [6, 6.07) is 3.85. The van der Waals surface area contributed by atoms with Crippen LogP contribution < -0.4 is 9.03 Å². The zero-order valence-corrected chi connectivity index (χ0v) is 14.2. The van der Waals surface area contributed by atoms with Gasteiger partial charge in [-0.3, -0.25) is 4.79 Å². The predicted octanol–water partition coefficient (Wildman–Crippen LogP) is 0.748. The maximum atomic E-state index is 12.3. The van der Waals surface area contributed by atoms with Crippen molar-refractivity contribution in [1.82, 2.24) is 4.72 Å². The van der Waals surface area contributed by atoms with Crippen LogP contribution in [0, 0.1) is 6.92 Å². The molecule has 0 bridgehead atoms. The largest absolute Gasteiger partial charge is 0.273 e. The van der Waals surface area contributed by atoms with Gasteiger partial charge in [0, 0.05) is 12.5 Å². The normalized spacial score (nSPS) is 18.2. The van der Waals surface area contributed by atoms with Crippen LogP contribution in [-0.4, -0.2) is 34.5 Å². The van der Waals surface area contributed by atoms with Crippen LogP contribution in [0.1, 0.15) is 25.8 Å². The van der Waals surface area contributed by atoms with Gasteiger partial charge in [-0.15, -0.1) is 0 Å². The predicted molar refractivity (Wildman–Crippen MR) is 82.5 cm³/mol. The summed E-state index contributed by atoms with van der Waals surface area (Å²) in [5.74, 6) is -0.810. The van der Waals surface area contributed by atoms with Gasteiger partial charge in [0.2, 0.25) is 26.0 Å². The molecule has 0 spiro atoms. The molecular weight excluding hydrogens is 328 g/mol. The van der Waals surface area contributed by atoms with Crippen LogP contribution >= 0.6 is 0 Å². The minimum absolute atomic E-state index is 0.0337. The molecule has 22 heavy (non-hydrogen) atoms. The number of rotatable bonds is 4. The van der Waals surface area contributed by atoms with Gasteiger partial charge in [-0.1, -0.05) is 6.07 Å². The molecule has 2 rings (SSSR count). The van der Waals surface area contributed by atoms with Crippen LogP contribution in [0.3, 0.4) is 0 Å². The second-order valence-electron chi connectivity index (χ2n) is 5.45. The minimum Gasteiger partial charge on any atom is -0.273 e. The number of amides is 1. The lowest BCUT2D eigenvalue weighted by molar-refractivity contribution is -0.116. The number of nitrogens with zero attached hydrogens (tertiary/aromatic N) is 1. The highest BCUT2D eigenvalue weighted by Crippen LogP contribution is 2.29. The van der Waals surface area contributed by atoms with Crippen LogP contribution in [-0.2, 0) is 24.8 Å². The van der Waals surface area contributed by atoms with Crippen molar-refractivity contribution in [3.05, 3.63) is 23.8 Å². The molecule has 1 aromatic carbocycles. The van der Waals surface area contributed by atoms with Gasteiger partial charge in [0.1, 0.15) is 0 Å². The third-order valence-corrected chi connectivity index (χ3v) is 6.66. The van der Waals surface area contributed by atoms with Gasteiger partial charge in [0.05, 0.1) is 16.3 Å². The van der Waals surface area contributed by atoms with Crippen LogP contribution in [0.25, 0.3) is 0 Å². The van der Waals surface area contributed by atoms with Gasteiger partial charge >= 0.3 is 0 Å². The van der Waals surface area contributed by atoms with E-state index in [1.807, 2.05) is 0 Å². The highest BCUT2D eigenvalue weighted by Gasteiger charge is 2.36. The summed E-state index contributed by atoms with van der Waals surface area (Å²) >= 11 is 0. The van der Waals surface area contributed by atoms with Gasteiger partial charge in [0.25, 0.3) is 0 Å². The van der Waals surface area contributed by atoms with Crippen molar-refractivity contribution in [3.63, 3.8) is 0 Å². The molecule has 1 amide bonds. The molecule has 0 unspecified atom stereocenters. The van der Waals surface area contributed by atoms with E-state index in [4.69, 9.17) is 0 Å². The Morgan fingerprint density at radius 1 is 1.27 bits per heavy atom. The fourth-order valence-corrected chi connectivity index (χ4v) is 5.21. The molecule has 7 nitrogen and oxygen atoms in total. The van der Waals surface area contributed by atoms with Crippen molar-refractivity contribution in [2.24, 2.45) is 0 Å². The van der Waals surface area contributed by atoms with E-state index in [2.05, 4.69) is 4.72 Å². The minimum atomic E-state index is -3.78. The van der Waals surface area contributed by atoms with Crippen LogP contribution in [0.4, 0.5) is 5.69 Å². The molecule has 1 aromatic rings. The molecule has 0 saturated carbocycles. The average Bonchev–Trinajstić information content (AvgIpc) is 2.63. The van der Waals surface area contributed by atoms with Crippen LogP contribution in [0.5, 0.6) is 0 Å². The Bertz CT molecular complexity index is 813. The first-order chi connectivity index (χ1) is 10.0. The molecule has 9 heteroatoms. The Kier molecular flexibility index (Phi) is 4.33. The molecule has 1 aliphatic rings. The molecule has 0 aliphatic carbocycles. The van der Waals surface area contributed by atoms with E-state index < -0.39 is 26.0 Å².